The Bertz CT molecular complexity index is 499. The molecule has 0 aliphatic heterocycles. The van der Waals surface area contributed by atoms with Crippen molar-refractivity contribution in [3.63, 3.8) is 0 Å². The van der Waals surface area contributed by atoms with Crippen molar-refractivity contribution < 1.29 is 9.26 Å². The first-order chi connectivity index (χ1) is 8.69. The van der Waals surface area contributed by atoms with Crippen LogP contribution in [0.3, 0.4) is 0 Å². The van der Waals surface area contributed by atoms with Gasteiger partial charge < -0.3 is 9.26 Å². The highest BCUT2D eigenvalue weighted by atomic mass is 35.5. The summed E-state index contributed by atoms with van der Waals surface area (Å²) >= 11 is 11.8. The van der Waals surface area contributed by atoms with E-state index >= 15 is 0 Å². The third-order valence-electron chi connectivity index (χ3n) is 2.30. The largest absolute Gasteiger partial charge is 0.484 e. The maximum atomic E-state index is 6.00. The first-order valence-electron chi connectivity index (χ1n) is 5.54. The predicted molar refractivity (Wildman–Crippen MR) is 69.0 cm³/mol. The molecule has 2 aromatic rings. The van der Waals surface area contributed by atoms with Crippen molar-refractivity contribution in [2.75, 3.05) is 0 Å². The molecular weight excluding hydrogens is 275 g/mol. The summed E-state index contributed by atoms with van der Waals surface area (Å²) in [5, 5.41) is 4.23. The van der Waals surface area contributed by atoms with Crippen molar-refractivity contribution in [3.05, 3.63) is 41.0 Å². The second-order valence-electron chi connectivity index (χ2n) is 3.66. The predicted octanol–water partition coefficient (Wildman–Crippen LogP) is 3.99. The molecule has 18 heavy (non-hydrogen) atoms. The van der Waals surface area contributed by atoms with E-state index < -0.39 is 0 Å². The van der Waals surface area contributed by atoms with E-state index in [1.54, 1.807) is 24.3 Å². The number of alkyl halides is 1. The van der Waals surface area contributed by atoms with Gasteiger partial charge in [0.25, 0.3) is 5.89 Å². The molecular formula is C12H12Cl2N2O2. The van der Waals surface area contributed by atoms with E-state index in [9.17, 15) is 0 Å². The van der Waals surface area contributed by atoms with Crippen LogP contribution in [0.1, 0.15) is 30.4 Å². The van der Waals surface area contributed by atoms with E-state index in [0.717, 1.165) is 6.42 Å². The molecule has 1 aromatic heterocycles. The van der Waals surface area contributed by atoms with Gasteiger partial charge in [-0.1, -0.05) is 23.7 Å². The lowest BCUT2D eigenvalue weighted by atomic mass is 10.3. The second-order valence-corrected chi connectivity index (χ2v) is 4.63. The molecule has 1 atom stereocenters. The fourth-order valence-corrected chi connectivity index (χ4v) is 1.53. The highest BCUT2D eigenvalue weighted by molar-refractivity contribution is 6.30. The molecule has 4 nitrogen and oxygen atoms in total. The number of ether oxygens (including phenoxy) is 1. The van der Waals surface area contributed by atoms with Crippen molar-refractivity contribution in [1.82, 2.24) is 10.1 Å². The van der Waals surface area contributed by atoms with Crippen LogP contribution in [0.4, 0.5) is 0 Å². The van der Waals surface area contributed by atoms with Gasteiger partial charge in [-0.15, -0.1) is 11.6 Å². The van der Waals surface area contributed by atoms with E-state index in [-0.39, 0.29) is 12.0 Å². The van der Waals surface area contributed by atoms with Crippen molar-refractivity contribution in [3.8, 4) is 5.75 Å². The van der Waals surface area contributed by atoms with Gasteiger partial charge in [-0.2, -0.15) is 4.98 Å². The minimum Gasteiger partial charge on any atom is -0.484 e. The highest BCUT2D eigenvalue weighted by Crippen LogP contribution is 2.21. The maximum Gasteiger partial charge on any atom is 0.264 e. The van der Waals surface area contributed by atoms with Crippen LogP contribution in [0.25, 0.3) is 0 Å². The Kier molecular flexibility index (Phi) is 4.44. The zero-order valence-electron chi connectivity index (χ0n) is 9.77. The number of rotatable bonds is 5. The number of hydrogen-bond donors (Lipinski definition) is 0. The van der Waals surface area contributed by atoms with Gasteiger partial charge >= 0.3 is 0 Å². The lowest BCUT2D eigenvalue weighted by molar-refractivity contribution is 0.242. The van der Waals surface area contributed by atoms with Crippen molar-refractivity contribution in [1.29, 1.82) is 0 Å². The molecule has 0 radical (unpaired) electrons. The fourth-order valence-electron chi connectivity index (χ4n) is 1.31. The van der Waals surface area contributed by atoms with Crippen LogP contribution in [0, 0.1) is 0 Å². The normalized spacial score (nSPS) is 12.4. The minimum absolute atomic E-state index is 0.210. The van der Waals surface area contributed by atoms with E-state index in [2.05, 4.69) is 10.1 Å². The molecule has 2 rings (SSSR count). The first-order valence-corrected chi connectivity index (χ1v) is 6.35. The van der Waals surface area contributed by atoms with Gasteiger partial charge in [0.1, 0.15) is 5.75 Å². The first kappa shape index (κ1) is 13.2. The Morgan fingerprint density at radius 2 is 2.06 bits per heavy atom. The number of aromatic nitrogens is 2. The van der Waals surface area contributed by atoms with Crippen molar-refractivity contribution in [2.45, 2.75) is 25.3 Å². The van der Waals surface area contributed by atoms with Crippen LogP contribution in [0.15, 0.2) is 28.8 Å². The third-order valence-corrected chi connectivity index (χ3v) is 3.05. The van der Waals surface area contributed by atoms with Crippen molar-refractivity contribution in [2.24, 2.45) is 0 Å². The molecule has 0 saturated carbocycles. The summed E-state index contributed by atoms with van der Waals surface area (Å²) in [6.45, 7) is 2.17. The Morgan fingerprint density at radius 1 is 1.33 bits per heavy atom. The molecule has 0 bridgehead atoms. The summed E-state index contributed by atoms with van der Waals surface area (Å²) < 4.78 is 10.5. The molecule has 0 N–H and O–H groups in total. The maximum absolute atomic E-state index is 6.00. The molecule has 0 saturated heterocycles. The fraction of sp³-hybridized carbons (Fsp3) is 0.333. The molecule has 0 amide bonds. The molecule has 0 spiro atoms. The van der Waals surface area contributed by atoms with Gasteiger partial charge in [0.2, 0.25) is 0 Å². The zero-order chi connectivity index (χ0) is 13.0. The van der Waals surface area contributed by atoms with E-state index in [0.29, 0.717) is 22.5 Å². The summed E-state index contributed by atoms with van der Waals surface area (Å²) in [5.41, 5.74) is 0. The monoisotopic (exact) mass is 286 g/mol. The van der Waals surface area contributed by atoms with Gasteiger partial charge in [0.05, 0.1) is 5.38 Å². The third kappa shape index (κ3) is 3.37. The quantitative estimate of drug-likeness (QED) is 0.780. The van der Waals surface area contributed by atoms with E-state index in [1.807, 2.05) is 6.92 Å². The Labute approximate surface area is 115 Å². The lowest BCUT2D eigenvalue weighted by Crippen LogP contribution is -1.97. The summed E-state index contributed by atoms with van der Waals surface area (Å²) in [5.74, 6) is 1.59. The van der Waals surface area contributed by atoms with Crippen LogP contribution in [-0.4, -0.2) is 10.1 Å². The van der Waals surface area contributed by atoms with E-state index in [1.165, 1.54) is 0 Å². The number of nitrogens with zero attached hydrogens (tertiary/aromatic N) is 2. The zero-order valence-corrected chi connectivity index (χ0v) is 11.3. The summed E-state index contributed by atoms with van der Waals surface area (Å²) in [7, 11) is 0. The molecule has 96 valence electrons. The number of halogens is 2. The molecule has 6 heteroatoms. The van der Waals surface area contributed by atoms with Crippen LogP contribution < -0.4 is 4.74 Å². The Balaban J connectivity index is 1.94. The van der Waals surface area contributed by atoms with Crippen LogP contribution >= 0.6 is 23.2 Å². The highest BCUT2D eigenvalue weighted by Gasteiger charge is 2.13. The van der Waals surface area contributed by atoms with Crippen LogP contribution in [-0.2, 0) is 6.61 Å². The average molecular weight is 287 g/mol. The van der Waals surface area contributed by atoms with Gasteiger partial charge in [-0.25, -0.2) is 0 Å². The molecule has 0 fully saturated rings. The summed E-state index contributed by atoms with van der Waals surface area (Å²) in [6.07, 6.45) is 0.749. The average Bonchev–Trinajstić information content (AvgIpc) is 2.86. The van der Waals surface area contributed by atoms with Gasteiger partial charge in [0, 0.05) is 5.02 Å². The number of benzene rings is 1. The SMILES string of the molecule is CCC(Cl)c1noc(COc2ccc(Cl)cc2)n1. The molecule has 0 aliphatic rings. The standard InChI is InChI=1S/C12H12Cl2N2O2/c1-2-10(14)12-15-11(18-16-12)7-17-9-5-3-8(13)4-6-9/h3-6,10H,2,7H2,1H3. The lowest BCUT2D eigenvalue weighted by Gasteiger charge is -2.02. The van der Waals surface area contributed by atoms with Crippen LogP contribution in [0.5, 0.6) is 5.75 Å². The van der Waals surface area contributed by atoms with Gasteiger partial charge in [0.15, 0.2) is 12.4 Å². The molecule has 1 aromatic carbocycles. The van der Waals surface area contributed by atoms with Gasteiger partial charge in [-0.3, -0.25) is 0 Å². The summed E-state index contributed by atoms with van der Waals surface area (Å²) in [6, 6.07) is 7.05. The van der Waals surface area contributed by atoms with E-state index in [4.69, 9.17) is 32.5 Å². The molecule has 0 aliphatic carbocycles. The minimum atomic E-state index is -0.224. The molecule has 1 heterocycles. The smallest absolute Gasteiger partial charge is 0.264 e. The Hall–Kier alpha value is -1.26. The Morgan fingerprint density at radius 3 is 2.72 bits per heavy atom. The van der Waals surface area contributed by atoms with Gasteiger partial charge in [-0.05, 0) is 30.7 Å². The summed E-state index contributed by atoms with van der Waals surface area (Å²) in [4.78, 5) is 4.15. The second kappa shape index (κ2) is 6.07. The van der Waals surface area contributed by atoms with Crippen LogP contribution in [0.2, 0.25) is 5.02 Å². The van der Waals surface area contributed by atoms with Crippen molar-refractivity contribution >= 4 is 23.2 Å². The molecule has 1 unspecified atom stereocenters. The number of hydrogen-bond acceptors (Lipinski definition) is 4. The topological polar surface area (TPSA) is 48.2 Å².